The summed E-state index contributed by atoms with van der Waals surface area (Å²) in [5.41, 5.74) is 5.78. The molecular formula is C17H20N4O5. The second-order valence-corrected chi connectivity index (χ2v) is 6.77. The number of hydrogen-bond donors (Lipinski definition) is 1. The van der Waals surface area contributed by atoms with Gasteiger partial charge in [-0.1, -0.05) is 6.92 Å². The van der Waals surface area contributed by atoms with Crippen molar-refractivity contribution >= 4 is 34.8 Å². The van der Waals surface area contributed by atoms with Gasteiger partial charge in [0.15, 0.2) is 0 Å². The smallest absolute Gasteiger partial charge is 0.294 e. The number of nitro benzene ring substituents is 1. The zero-order chi connectivity index (χ0) is 19.0. The summed E-state index contributed by atoms with van der Waals surface area (Å²) in [5.74, 6) is -1.69. The molecule has 9 nitrogen and oxygen atoms in total. The third kappa shape index (κ3) is 3.12. The van der Waals surface area contributed by atoms with Crippen molar-refractivity contribution in [1.82, 2.24) is 0 Å². The van der Waals surface area contributed by atoms with Gasteiger partial charge in [0.2, 0.25) is 17.7 Å². The first-order valence-corrected chi connectivity index (χ1v) is 8.49. The van der Waals surface area contributed by atoms with Crippen molar-refractivity contribution in [2.45, 2.75) is 26.2 Å². The lowest BCUT2D eigenvalue weighted by Gasteiger charge is -2.32. The summed E-state index contributed by atoms with van der Waals surface area (Å²) < 4.78 is 0. The van der Waals surface area contributed by atoms with Crippen molar-refractivity contribution in [2.24, 2.45) is 17.6 Å². The van der Waals surface area contributed by atoms with Crippen molar-refractivity contribution in [2.75, 3.05) is 22.9 Å². The van der Waals surface area contributed by atoms with Crippen LogP contribution in [0.1, 0.15) is 26.2 Å². The van der Waals surface area contributed by atoms with E-state index >= 15 is 0 Å². The molecular weight excluding hydrogens is 340 g/mol. The number of nitro groups is 1. The number of rotatable bonds is 4. The quantitative estimate of drug-likeness (QED) is 0.488. The summed E-state index contributed by atoms with van der Waals surface area (Å²) in [6.07, 6.45) is 1.18. The van der Waals surface area contributed by atoms with Crippen molar-refractivity contribution in [3.8, 4) is 0 Å². The number of imide groups is 1. The summed E-state index contributed by atoms with van der Waals surface area (Å²) >= 11 is 0. The molecule has 3 rings (SSSR count). The van der Waals surface area contributed by atoms with E-state index in [0.29, 0.717) is 31.6 Å². The Morgan fingerprint density at radius 3 is 2.42 bits per heavy atom. The van der Waals surface area contributed by atoms with Gasteiger partial charge in [-0.3, -0.25) is 29.4 Å². The Balaban J connectivity index is 1.89. The number of nitrogens with zero attached hydrogens (tertiary/aromatic N) is 3. The largest absolute Gasteiger partial charge is 0.369 e. The lowest BCUT2D eigenvalue weighted by atomic mass is 9.96. The van der Waals surface area contributed by atoms with Gasteiger partial charge < -0.3 is 10.6 Å². The molecule has 0 spiro atoms. The van der Waals surface area contributed by atoms with Crippen LogP contribution in [0.2, 0.25) is 0 Å². The minimum absolute atomic E-state index is 0.106. The Morgan fingerprint density at radius 1 is 1.27 bits per heavy atom. The Bertz CT molecular complexity index is 785. The van der Waals surface area contributed by atoms with Gasteiger partial charge in [-0.25, -0.2) is 0 Å². The highest BCUT2D eigenvalue weighted by molar-refractivity contribution is 6.21. The molecule has 26 heavy (non-hydrogen) atoms. The average Bonchev–Trinajstić information content (AvgIpc) is 2.86. The van der Waals surface area contributed by atoms with Gasteiger partial charge in [0, 0.05) is 37.4 Å². The first kappa shape index (κ1) is 17.8. The second kappa shape index (κ2) is 6.74. The summed E-state index contributed by atoms with van der Waals surface area (Å²) in [4.78, 5) is 49.4. The molecule has 2 N–H and O–H groups in total. The van der Waals surface area contributed by atoms with Crippen LogP contribution in [0.4, 0.5) is 17.1 Å². The van der Waals surface area contributed by atoms with Gasteiger partial charge in [0.1, 0.15) is 5.69 Å². The maximum atomic E-state index is 12.2. The number of amides is 3. The van der Waals surface area contributed by atoms with Crippen LogP contribution in [0.3, 0.4) is 0 Å². The molecule has 2 aliphatic rings. The third-order valence-electron chi connectivity index (χ3n) is 5.02. The molecule has 138 valence electrons. The predicted molar refractivity (Wildman–Crippen MR) is 93.5 cm³/mol. The normalized spacial score (nSPS) is 21.3. The molecule has 2 fully saturated rings. The molecule has 3 amide bonds. The van der Waals surface area contributed by atoms with Gasteiger partial charge in [-0.15, -0.1) is 0 Å². The molecule has 0 radical (unpaired) electrons. The highest BCUT2D eigenvalue weighted by Crippen LogP contribution is 2.36. The number of benzene rings is 1. The van der Waals surface area contributed by atoms with Crippen LogP contribution in [0, 0.1) is 22.0 Å². The molecule has 0 saturated carbocycles. The van der Waals surface area contributed by atoms with E-state index in [1.54, 1.807) is 19.1 Å². The fraction of sp³-hybridized carbons (Fsp3) is 0.471. The van der Waals surface area contributed by atoms with Crippen LogP contribution in [0.5, 0.6) is 0 Å². The first-order chi connectivity index (χ1) is 12.3. The van der Waals surface area contributed by atoms with Gasteiger partial charge >= 0.3 is 0 Å². The molecule has 2 aliphatic heterocycles. The average molecular weight is 360 g/mol. The number of piperidine rings is 1. The summed E-state index contributed by atoms with van der Waals surface area (Å²) in [5, 5.41) is 11.5. The Labute approximate surface area is 149 Å². The van der Waals surface area contributed by atoms with Crippen molar-refractivity contribution in [3.63, 3.8) is 0 Å². The Kier molecular flexibility index (Phi) is 4.62. The van der Waals surface area contributed by atoms with E-state index in [4.69, 9.17) is 5.73 Å². The standard InChI is InChI=1S/C17H20N4O5/c1-10-8-15(22)20(17(10)24)12-2-3-13(14(9-12)21(25)26)19-6-4-11(5-7-19)16(18)23/h2-3,9-11H,4-8H2,1H3,(H2,18,23)/t10-/m0/s1. The number of anilines is 2. The molecule has 2 heterocycles. The maximum absolute atomic E-state index is 12.2. The van der Waals surface area contributed by atoms with E-state index < -0.39 is 10.8 Å². The van der Waals surface area contributed by atoms with Crippen molar-refractivity contribution in [1.29, 1.82) is 0 Å². The van der Waals surface area contributed by atoms with Crippen LogP contribution in [-0.4, -0.2) is 35.7 Å². The molecule has 1 aromatic rings. The van der Waals surface area contributed by atoms with Gasteiger partial charge in [0.25, 0.3) is 5.69 Å². The lowest BCUT2D eigenvalue weighted by molar-refractivity contribution is -0.384. The molecule has 0 aliphatic carbocycles. The van der Waals surface area contributed by atoms with E-state index in [-0.39, 0.29) is 41.4 Å². The van der Waals surface area contributed by atoms with Crippen LogP contribution in [0.15, 0.2) is 18.2 Å². The number of carbonyl (C=O) groups excluding carboxylic acids is 3. The Morgan fingerprint density at radius 2 is 1.92 bits per heavy atom. The lowest BCUT2D eigenvalue weighted by Crippen LogP contribution is -2.38. The molecule has 1 atom stereocenters. The molecule has 0 aromatic heterocycles. The zero-order valence-corrected chi connectivity index (χ0v) is 14.4. The third-order valence-corrected chi connectivity index (χ3v) is 5.02. The SMILES string of the molecule is C[C@H]1CC(=O)N(c2ccc(N3CCC(C(N)=O)CC3)c([N+](=O)[O-])c2)C1=O. The summed E-state index contributed by atoms with van der Waals surface area (Å²) in [6, 6.07) is 4.38. The van der Waals surface area contributed by atoms with Gasteiger partial charge in [0.05, 0.1) is 10.6 Å². The topological polar surface area (TPSA) is 127 Å². The minimum atomic E-state index is -0.520. The predicted octanol–water partition coefficient (Wildman–Crippen LogP) is 1.20. The monoisotopic (exact) mass is 360 g/mol. The van der Waals surface area contributed by atoms with Crippen LogP contribution >= 0.6 is 0 Å². The van der Waals surface area contributed by atoms with E-state index in [0.717, 1.165) is 4.90 Å². The summed E-state index contributed by atoms with van der Waals surface area (Å²) in [7, 11) is 0. The molecule has 0 unspecified atom stereocenters. The van der Waals surface area contributed by atoms with E-state index in [1.807, 2.05) is 4.90 Å². The molecule has 1 aromatic carbocycles. The first-order valence-electron chi connectivity index (χ1n) is 8.49. The zero-order valence-electron chi connectivity index (χ0n) is 14.4. The van der Waals surface area contributed by atoms with E-state index in [2.05, 4.69) is 0 Å². The number of primary amides is 1. The Hall–Kier alpha value is -2.97. The van der Waals surface area contributed by atoms with Crippen LogP contribution in [-0.2, 0) is 14.4 Å². The van der Waals surface area contributed by atoms with Crippen LogP contribution < -0.4 is 15.5 Å². The van der Waals surface area contributed by atoms with Gasteiger partial charge in [-0.2, -0.15) is 0 Å². The van der Waals surface area contributed by atoms with E-state index in [1.165, 1.54) is 6.07 Å². The highest BCUT2D eigenvalue weighted by atomic mass is 16.6. The molecule has 2 saturated heterocycles. The molecule has 0 bridgehead atoms. The highest BCUT2D eigenvalue weighted by Gasteiger charge is 2.38. The fourth-order valence-corrected chi connectivity index (χ4v) is 3.52. The maximum Gasteiger partial charge on any atom is 0.294 e. The van der Waals surface area contributed by atoms with Crippen molar-refractivity contribution < 1.29 is 19.3 Å². The second-order valence-electron chi connectivity index (χ2n) is 6.77. The fourth-order valence-electron chi connectivity index (χ4n) is 3.52. The number of carbonyl (C=O) groups is 3. The van der Waals surface area contributed by atoms with Crippen molar-refractivity contribution in [3.05, 3.63) is 28.3 Å². The number of nitrogens with two attached hydrogens (primary N) is 1. The summed E-state index contributed by atoms with van der Waals surface area (Å²) in [6.45, 7) is 2.62. The van der Waals surface area contributed by atoms with Crippen LogP contribution in [0.25, 0.3) is 0 Å². The molecule has 9 heteroatoms. The van der Waals surface area contributed by atoms with E-state index in [9.17, 15) is 24.5 Å². The minimum Gasteiger partial charge on any atom is -0.369 e. The number of hydrogen-bond acceptors (Lipinski definition) is 6. The van der Waals surface area contributed by atoms with Gasteiger partial charge in [-0.05, 0) is 25.0 Å².